The topological polar surface area (TPSA) is 82.2 Å². The third kappa shape index (κ3) is 6.16. The Morgan fingerprint density at radius 3 is 2.66 bits per heavy atom. The van der Waals surface area contributed by atoms with E-state index in [0.29, 0.717) is 5.56 Å². The average Bonchev–Trinajstić information content (AvgIpc) is 2.92. The van der Waals surface area contributed by atoms with E-state index in [4.69, 9.17) is 4.98 Å². The smallest absolute Gasteiger partial charge is 0.251 e. The Morgan fingerprint density at radius 1 is 1.06 bits per heavy atom. The third-order valence-electron chi connectivity index (χ3n) is 7.14. The molecule has 0 bridgehead atoms. The van der Waals surface area contributed by atoms with Gasteiger partial charge in [-0.25, -0.2) is 4.98 Å². The predicted molar refractivity (Wildman–Crippen MR) is 142 cm³/mol. The zero-order valence-electron chi connectivity index (χ0n) is 20.4. The number of carbonyl (C=O) groups is 1. The standard InChI is InChI=1S/C28H36N6O/c35-28(32-23-9-13-29-14-10-23)22-7-5-21(6-8-22)26-19-27(24-20-30-15-11-25(24)33-26)31-12-4-18-34-16-2-1-3-17-34/h5-8,11,15,19-20,23,29H,1-4,9-10,12-14,16-18H2,(H,31,33)(H,32,35). The van der Waals surface area contributed by atoms with Gasteiger partial charge in [-0.3, -0.25) is 9.78 Å². The van der Waals surface area contributed by atoms with Gasteiger partial charge in [-0.1, -0.05) is 18.6 Å². The zero-order chi connectivity index (χ0) is 23.9. The molecule has 7 nitrogen and oxygen atoms in total. The quantitative estimate of drug-likeness (QED) is 0.429. The van der Waals surface area contributed by atoms with Crippen molar-refractivity contribution < 1.29 is 4.79 Å². The molecule has 4 heterocycles. The number of carbonyl (C=O) groups excluding carboxylic acids is 1. The highest BCUT2D eigenvalue weighted by Crippen LogP contribution is 2.28. The summed E-state index contributed by atoms with van der Waals surface area (Å²) in [5.74, 6) is -0.00273. The molecule has 35 heavy (non-hydrogen) atoms. The first kappa shape index (κ1) is 23.7. The van der Waals surface area contributed by atoms with Crippen molar-refractivity contribution in [2.24, 2.45) is 0 Å². The second-order valence-corrected chi connectivity index (χ2v) is 9.71. The molecule has 0 radical (unpaired) electrons. The molecule has 2 fully saturated rings. The van der Waals surface area contributed by atoms with Gasteiger partial charge in [-0.2, -0.15) is 0 Å². The van der Waals surface area contributed by atoms with E-state index in [9.17, 15) is 4.79 Å². The monoisotopic (exact) mass is 472 g/mol. The molecule has 0 spiro atoms. The summed E-state index contributed by atoms with van der Waals surface area (Å²) in [6, 6.07) is 12.1. The highest BCUT2D eigenvalue weighted by Gasteiger charge is 2.17. The molecule has 7 heteroatoms. The van der Waals surface area contributed by atoms with Crippen LogP contribution in [0.5, 0.6) is 0 Å². The number of nitrogens with one attached hydrogen (secondary N) is 3. The molecule has 184 valence electrons. The number of fused-ring (bicyclic) bond motifs is 1. The number of nitrogens with zero attached hydrogens (tertiary/aromatic N) is 3. The molecule has 2 aliphatic rings. The summed E-state index contributed by atoms with van der Waals surface area (Å²) in [5.41, 5.74) is 4.56. The Kier molecular flexibility index (Phi) is 7.85. The lowest BCUT2D eigenvalue weighted by atomic mass is 10.0. The first-order chi connectivity index (χ1) is 17.3. The Hall–Kier alpha value is -3.03. The zero-order valence-corrected chi connectivity index (χ0v) is 20.4. The lowest BCUT2D eigenvalue weighted by Gasteiger charge is -2.26. The minimum atomic E-state index is -0.00273. The molecule has 2 aliphatic heterocycles. The van der Waals surface area contributed by atoms with Gasteiger partial charge < -0.3 is 20.9 Å². The first-order valence-corrected chi connectivity index (χ1v) is 13.1. The first-order valence-electron chi connectivity index (χ1n) is 13.1. The molecule has 0 unspecified atom stereocenters. The molecule has 0 atom stereocenters. The predicted octanol–water partition coefficient (Wildman–Crippen LogP) is 4.07. The molecule has 2 saturated heterocycles. The maximum Gasteiger partial charge on any atom is 0.251 e. The minimum absolute atomic E-state index is 0.00273. The number of likely N-dealkylation sites (tertiary alicyclic amines) is 1. The van der Waals surface area contributed by atoms with Crippen molar-refractivity contribution >= 4 is 22.5 Å². The van der Waals surface area contributed by atoms with Gasteiger partial charge in [0.05, 0.1) is 11.2 Å². The fourth-order valence-corrected chi connectivity index (χ4v) is 5.10. The van der Waals surface area contributed by atoms with Crippen LogP contribution >= 0.6 is 0 Å². The van der Waals surface area contributed by atoms with Crippen LogP contribution in [0.25, 0.3) is 22.2 Å². The van der Waals surface area contributed by atoms with Crippen molar-refractivity contribution in [1.82, 2.24) is 25.5 Å². The average molecular weight is 473 g/mol. The van der Waals surface area contributed by atoms with E-state index in [0.717, 1.165) is 73.3 Å². The van der Waals surface area contributed by atoms with Crippen LogP contribution in [0.3, 0.4) is 0 Å². The molecule has 0 aliphatic carbocycles. The number of piperidine rings is 2. The van der Waals surface area contributed by atoms with Crippen LogP contribution in [0.15, 0.2) is 48.8 Å². The summed E-state index contributed by atoms with van der Waals surface area (Å²) in [6.45, 7) is 6.45. The van der Waals surface area contributed by atoms with Crippen molar-refractivity contribution in [3.63, 3.8) is 0 Å². The van der Waals surface area contributed by atoms with Crippen molar-refractivity contribution in [2.75, 3.05) is 44.6 Å². The van der Waals surface area contributed by atoms with E-state index in [1.54, 1.807) is 6.20 Å². The van der Waals surface area contributed by atoms with Crippen molar-refractivity contribution in [2.45, 2.75) is 44.6 Å². The molecular weight excluding hydrogens is 436 g/mol. The molecule has 1 aromatic carbocycles. The Balaban J connectivity index is 1.27. The van der Waals surface area contributed by atoms with E-state index >= 15 is 0 Å². The van der Waals surface area contributed by atoms with Gasteiger partial charge in [0.15, 0.2) is 0 Å². The SMILES string of the molecule is O=C(NC1CCNCC1)c1ccc(-c2cc(NCCCN3CCCCC3)c3cnccc3n2)cc1. The highest BCUT2D eigenvalue weighted by molar-refractivity contribution is 5.95. The number of pyridine rings is 2. The van der Waals surface area contributed by atoms with E-state index in [1.165, 1.54) is 32.4 Å². The van der Waals surface area contributed by atoms with E-state index in [-0.39, 0.29) is 11.9 Å². The van der Waals surface area contributed by atoms with E-state index in [2.05, 4.69) is 31.9 Å². The molecule has 2 aromatic heterocycles. The minimum Gasteiger partial charge on any atom is -0.384 e. The largest absolute Gasteiger partial charge is 0.384 e. The summed E-state index contributed by atoms with van der Waals surface area (Å²) in [6.07, 6.45) is 10.8. The van der Waals surface area contributed by atoms with Crippen molar-refractivity contribution in [1.29, 1.82) is 0 Å². The van der Waals surface area contributed by atoms with Crippen molar-refractivity contribution in [3.8, 4) is 11.3 Å². The van der Waals surface area contributed by atoms with Crippen LogP contribution in [0.2, 0.25) is 0 Å². The Labute approximate surface area is 207 Å². The van der Waals surface area contributed by atoms with Gasteiger partial charge in [0.25, 0.3) is 5.91 Å². The van der Waals surface area contributed by atoms with Gasteiger partial charge >= 0.3 is 0 Å². The second kappa shape index (κ2) is 11.6. The molecule has 3 N–H and O–H groups in total. The normalized spacial score (nSPS) is 17.4. The molecule has 1 amide bonds. The number of hydrogen-bond acceptors (Lipinski definition) is 6. The number of anilines is 1. The number of amides is 1. The highest BCUT2D eigenvalue weighted by atomic mass is 16.1. The lowest BCUT2D eigenvalue weighted by Crippen LogP contribution is -2.42. The van der Waals surface area contributed by atoms with E-state index in [1.807, 2.05) is 36.5 Å². The summed E-state index contributed by atoms with van der Waals surface area (Å²) in [4.78, 5) is 24.5. The van der Waals surface area contributed by atoms with Crippen LogP contribution < -0.4 is 16.0 Å². The maximum atomic E-state index is 12.7. The van der Waals surface area contributed by atoms with Crippen LogP contribution in [-0.2, 0) is 0 Å². The fourth-order valence-electron chi connectivity index (χ4n) is 5.10. The fraction of sp³-hybridized carbons (Fsp3) is 0.464. The summed E-state index contributed by atoms with van der Waals surface area (Å²) >= 11 is 0. The Bertz CT molecular complexity index is 1120. The van der Waals surface area contributed by atoms with E-state index < -0.39 is 0 Å². The van der Waals surface area contributed by atoms with Crippen LogP contribution in [0.1, 0.15) is 48.9 Å². The number of rotatable bonds is 8. The van der Waals surface area contributed by atoms with Gasteiger partial charge in [0, 0.05) is 47.2 Å². The molecule has 5 rings (SSSR count). The second-order valence-electron chi connectivity index (χ2n) is 9.71. The van der Waals surface area contributed by atoms with Gasteiger partial charge in [0.2, 0.25) is 0 Å². The summed E-state index contributed by atoms with van der Waals surface area (Å²) < 4.78 is 0. The lowest BCUT2D eigenvalue weighted by molar-refractivity contribution is 0.0929. The molecule has 3 aromatic rings. The van der Waals surface area contributed by atoms with Gasteiger partial charge in [0.1, 0.15) is 0 Å². The number of hydrogen-bond donors (Lipinski definition) is 3. The molecular formula is C28H36N6O. The van der Waals surface area contributed by atoms with Crippen molar-refractivity contribution in [3.05, 3.63) is 54.4 Å². The van der Waals surface area contributed by atoms with Gasteiger partial charge in [-0.05, 0) is 89.1 Å². The number of aromatic nitrogens is 2. The Morgan fingerprint density at radius 2 is 1.86 bits per heavy atom. The third-order valence-corrected chi connectivity index (χ3v) is 7.14. The van der Waals surface area contributed by atoms with Crippen LogP contribution in [0.4, 0.5) is 5.69 Å². The van der Waals surface area contributed by atoms with Crippen LogP contribution in [0, 0.1) is 0 Å². The van der Waals surface area contributed by atoms with Gasteiger partial charge in [-0.15, -0.1) is 0 Å². The number of benzene rings is 1. The molecule has 0 saturated carbocycles. The summed E-state index contributed by atoms with van der Waals surface area (Å²) in [5, 5.41) is 11.2. The summed E-state index contributed by atoms with van der Waals surface area (Å²) in [7, 11) is 0. The maximum absolute atomic E-state index is 12.7. The van der Waals surface area contributed by atoms with Crippen LogP contribution in [-0.4, -0.2) is 66.1 Å².